The number of hydrogen-bond donors (Lipinski definition) is 1. The standard InChI is InChI=1S/C20H27N5O2S/c1-14-9-15(2)11-16(10-14)19-22-25(20(28)27-19)13-24-7-5-23(6-8-24)12-18(26)21-17-3-4-17/h9-11,17H,3-8,12-13H2,1-2H3,(H,21,26). The molecule has 0 atom stereocenters. The van der Waals surface area contributed by atoms with Crippen molar-refractivity contribution in [2.75, 3.05) is 32.7 Å². The lowest BCUT2D eigenvalue weighted by atomic mass is 10.1. The molecular formula is C20H27N5O2S. The Kier molecular flexibility index (Phi) is 5.61. The maximum Gasteiger partial charge on any atom is 0.288 e. The molecule has 150 valence electrons. The van der Waals surface area contributed by atoms with Crippen molar-refractivity contribution in [1.82, 2.24) is 24.9 Å². The Morgan fingerprint density at radius 2 is 1.79 bits per heavy atom. The highest BCUT2D eigenvalue weighted by Crippen LogP contribution is 2.21. The van der Waals surface area contributed by atoms with Crippen LogP contribution in [0, 0.1) is 18.7 Å². The lowest BCUT2D eigenvalue weighted by molar-refractivity contribution is -0.122. The molecule has 1 aliphatic heterocycles. The average molecular weight is 402 g/mol. The highest BCUT2D eigenvalue weighted by atomic mass is 32.1. The van der Waals surface area contributed by atoms with Crippen molar-refractivity contribution in [2.45, 2.75) is 39.4 Å². The molecule has 1 aliphatic carbocycles. The Labute approximate surface area is 170 Å². The molecule has 28 heavy (non-hydrogen) atoms. The van der Waals surface area contributed by atoms with E-state index in [4.69, 9.17) is 16.6 Å². The molecule has 2 aromatic rings. The average Bonchev–Trinajstić information content (AvgIpc) is 3.37. The van der Waals surface area contributed by atoms with Gasteiger partial charge in [-0.25, -0.2) is 4.68 Å². The monoisotopic (exact) mass is 401 g/mol. The minimum absolute atomic E-state index is 0.146. The first-order valence-electron chi connectivity index (χ1n) is 9.87. The van der Waals surface area contributed by atoms with E-state index in [0.717, 1.165) is 44.6 Å². The van der Waals surface area contributed by atoms with E-state index >= 15 is 0 Å². The van der Waals surface area contributed by atoms with Gasteiger partial charge in [0.15, 0.2) is 0 Å². The molecule has 1 amide bonds. The predicted molar refractivity (Wildman–Crippen MR) is 109 cm³/mol. The highest BCUT2D eigenvalue weighted by Gasteiger charge is 2.25. The second-order valence-electron chi connectivity index (χ2n) is 7.93. The van der Waals surface area contributed by atoms with Gasteiger partial charge in [-0.2, -0.15) is 0 Å². The molecule has 4 rings (SSSR count). The summed E-state index contributed by atoms with van der Waals surface area (Å²) in [5.74, 6) is 0.708. The number of aromatic nitrogens is 2. The number of nitrogens with one attached hydrogen (secondary N) is 1. The van der Waals surface area contributed by atoms with Crippen LogP contribution in [0.2, 0.25) is 0 Å². The number of aryl methyl sites for hydroxylation is 2. The van der Waals surface area contributed by atoms with Crippen LogP contribution >= 0.6 is 12.2 Å². The third kappa shape index (κ3) is 4.87. The van der Waals surface area contributed by atoms with E-state index in [1.165, 1.54) is 11.1 Å². The Bertz CT molecular complexity index is 889. The summed E-state index contributed by atoms with van der Waals surface area (Å²) in [6, 6.07) is 6.67. The maximum atomic E-state index is 12.0. The van der Waals surface area contributed by atoms with E-state index in [1.54, 1.807) is 4.68 Å². The molecule has 0 bridgehead atoms. The SMILES string of the molecule is Cc1cc(C)cc(-c2nn(CN3CCN(CC(=O)NC4CC4)CC3)c(=S)o2)c1. The molecule has 2 heterocycles. The minimum atomic E-state index is 0.146. The maximum absolute atomic E-state index is 12.0. The van der Waals surface area contributed by atoms with Gasteiger partial charge in [-0.1, -0.05) is 17.2 Å². The zero-order valence-electron chi connectivity index (χ0n) is 16.5. The van der Waals surface area contributed by atoms with Crippen molar-refractivity contribution in [2.24, 2.45) is 0 Å². The van der Waals surface area contributed by atoms with Crippen LogP contribution in [-0.4, -0.2) is 64.3 Å². The number of carbonyl (C=O) groups excluding carboxylic acids is 1. The van der Waals surface area contributed by atoms with Crippen molar-refractivity contribution in [3.63, 3.8) is 0 Å². The lowest BCUT2D eigenvalue weighted by Gasteiger charge is -2.33. The number of benzene rings is 1. The molecule has 0 radical (unpaired) electrons. The fourth-order valence-corrected chi connectivity index (χ4v) is 3.77. The second-order valence-corrected chi connectivity index (χ2v) is 8.28. The molecule has 1 aromatic carbocycles. The molecule has 1 saturated carbocycles. The van der Waals surface area contributed by atoms with Gasteiger partial charge in [0.1, 0.15) is 0 Å². The molecule has 2 fully saturated rings. The first-order chi connectivity index (χ1) is 13.5. The number of carbonyl (C=O) groups is 1. The van der Waals surface area contributed by atoms with Crippen LogP contribution in [0.15, 0.2) is 22.6 Å². The van der Waals surface area contributed by atoms with Crippen molar-refractivity contribution in [3.05, 3.63) is 34.2 Å². The van der Waals surface area contributed by atoms with Crippen LogP contribution in [0.1, 0.15) is 24.0 Å². The van der Waals surface area contributed by atoms with Gasteiger partial charge in [-0.05, 0) is 51.0 Å². The van der Waals surface area contributed by atoms with Gasteiger partial charge in [0.05, 0.1) is 13.2 Å². The molecule has 0 unspecified atom stereocenters. The Hall–Kier alpha value is -2.03. The third-order valence-corrected chi connectivity index (χ3v) is 5.48. The van der Waals surface area contributed by atoms with E-state index in [1.807, 2.05) is 0 Å². The number of amides is 1. The summed E-state index contributed by atoms with van der Waals surface area (Å²) in [5, 5.41) is 7.64. The quantitative estimate of drug-likeness (QED) is 0.750. The van der Waals surface area contributed by atoms with Gasteiger partial charge in [0, 0.05) is 37.8 Å². The lowest BCUT2D eigenvalue weighted by Crippen LogP contribution is -2.49. The van der Waals surface area contributed by atoms with Gasteiger partial charge in [0.2, 0.25) is 11.8 Å². The van der Waals surface area contributed by atoms with Gasteiger partial charge in [-0.3, -0.25) is 14.6 Å². The summed E-state index contributed by atoms with van der Waals surface area (Å²) in [5.41, 5.74) is 3.30. The van der Waals surface area contributed by atoms with Crippen LogP contribution in [0.5, 0.6) is 0 Å². The van der Waals surface area contributed by atoms with Gasteiger partial charge in [-0.15, -0.1) is 5.10 Å². The summed E-state index contributed by atoms with van der Waals surface area (Å²) in [6.07, 6.45) is 2.25. The van der Waals surface area contributed by atoms with E-state index < -0.39 is 0 Å². The number of hydrogen-bond acceptors (Lipinski definition) is 6. The fourth-order valence-electron chi connectivity index (χ4n) is 3.59. The van der Waals surface area contributed by atoms with E-state index in [2.05, 4.69) is 52.3 Å². The molecule has 1 N–H and O–H groups in total. The Balaban J connectivity index is 1.33. The summed E-state index contributed by atoms with van der Waals surface area (Å²) in [6.45, 7) is 8.72. The third-order valence-electron chi connectivity index (χ3n) is 5.18. The van der Waals surface area contributed by atoms with Crippen LogP contribution in [0.3, 0.4) is 0 Å². The smallest absolute Gasteiger partial charge is 0.288 e. The molecule has 0 spiro atoms. The molecule has 2 aliphatic rings. The second kappa shape index (κ2) is 8.14. The van der Waals surface area contributed by atoms with Crippen LogP contribution in [0.25, 0.3) is 11.5 Å². The predicted octanol–water partition coefficient (Wildman–Crippen LogP) is 2.34. The van der Waals surface area contributed by atoms with Gasteiger partial charge >= 0.3 is 0 Å². The Morgan fingerprint density at radius 1 is 1.14 bits per heavy atom. The topological polar surface area (TPSA) is 66.5 Å². The Morgan fingerprint density at radius 3 is 2.43 bits per heavy atom. The molecule has 8 heteroatoms. The van der Waals surface area contributed by atoms with E-state index in [9.17, 15) is 4.79 Å². The van der Waals surface area contributed by atoms with E-state index in [-0.39, 0.29) is 5.91 Å². The largest absolute Gasteiger partial charge is 0.409 e. The first-order valence-corrected chi connectivity index (χ1v) is 10.3. The summed E-state index contributed by atoms with van der Waals surface area (Å²) < 4.78 is 7.49. The normalized spacial score (nSPS) is 18.4. The fraction of sp³-hybridized carbons (Fsp3) is 0.550. The van der Waals surface area contributed by atoms with Gasteiger partial charge in [0.25, 0.3) is 4.84 Å². The van der Waals surface area contributed by atoms with Crippen LogP contribution < -0.4 is 5.32 Å². The van der Waals surface area contributed by atoms with Crippen molar-refractivity contribution in [3.8, 4) is 11.5 Å². The number of nitrogens with zero attached hydrogens (tertiary/aromatic N) is 4. The summed E-state index contributed by atoms with van der Waals surface area (Å²) in [4.78, 5) is 16.8. The summed E-state index contributed by atoms with van der Waals surface area (Å²) >= 11 is 5.38. The minimum Gasteiger partial charge on any atom is -0.409 e. The zero-order chi connectivity index (χ0) is 19.7. The van der Waals surface area contributed by atoms with Crippen molar-refractivity contribution < 1.29 is 9.21 Å². The van der Waals surface area contributed by atoms with Gasteiger partial charge < -0.3 is 9.73 Å². The first kappa shape index (κ1) is 19.3. The summed E-state index contributed by atoms with van der Waals surface area (Å²) in [7, 11) is 0. The zero-order valence-corrected chi connectivity index (χ0v) is 17.3. The number of rotatable bonds is 6. The van der Waals surface area contributed by atoms with Crippen LogP contribution in [-0.2, 0) is 11.5 Å². The van der Waals surface area contributed by atoms with Crippen molar-refractivity contribution >= 4 is 18.1 Å². The molecule has 7 nitrogen and oxygen atoms in total. The molecule has 1 saturated heterocycles. The molecule has 1 aromatic heterocycles. The van der Waals surface area contributed by atoms with Crippen molar-refractivity contribution in [1.29, 1.82) is 0 Å². The van der Waals surface area contributed by atoms with E-state index in [0.29, 0.717) is 30.0 Å². The highest BCUT2D eigenvalue weighted by molar-refractivity contribution is 7.71. The van der Waals surface area contributed by atoms with Crippen LogP contribution in [0.4, 0.5) is 0 Å². The molecular weight excluding hydrogens is 374 g/mol. The number of piperazine rings is 1.